The molecular weight excluding hydrogens is 261 g/mol. The van der Waals surface area contributed by atoms with Gasteiger partial charge in [0, 0.05) is 36.3 Å². The van der Waals surface area contributed by atoms with Gasteiger partial charge in [-0.1, -0.05) is 0 Å². The number of carbonyl (C=O) groups is 1. The van der Waals surface area contributed by atoms with Gasteiger partial charge in [0.25, 0.3) is 0 Å². The number of halogens is 3. The Balaban J connectivity index is 2.45. The van der Waals surface area contributed by atoms with Crippen molar-refractivity contribution in [2.45, 2.75) is 6.92 Å². The highest BCUT2D eigenvalue weighted by Crippen LogP contribution is 2.29. The molecule has 1 aliphatic heterocycles. The monoisotopic (exact) mass is 274 g/mol. The minimum absolute atomic E-state index is 0.0256. The summed E-state index contributed by atoms with van der Waals surface area (Å²) < 4.78 is 39.8. The molecule has 1 fully saturated rings. The SMILES string of the molecule is Cc1c(F)c(C(=O)OF)cc(F)c1N1CCNCC1. The van der Waals surface area contributed by atoms with Gasteiger partial charge in [0.15, 0.2) is 0 Å². The number of anilines is 1. The van der Waals surface area contributed by atoms with Crippen molar-refractivity contribution in [1.82, 2.24) is 5.32 Å². The summed E-state index contributed by atoms with van der Waals surface area (Å²) in [4.78, 5) is 15.6. The first-order chi connectivity index (χ1) is 9.06. The summed E-state index contributed by atoms with van der Waals surface area (Å²) in [6, 6.07) is 0.668. The standard InChI is InChI=1S/C12H13F3N2O2/c1-7-10(14)8(12(18)19-15)6-9(13)11(7)17-4-2-16-3-5-17/h6,16H,2-5H2,1H3. The van der Waals surface area contributed by atoms with Crippen LogP contribution in [0.2, 0.25) is 0 Å². The minimum atomic E-state index is -1.54. The molecule has 1 saturated heterocycles. The van der Waals surface area contributed by atoms with Crippen molar-refractivity contribution in [3.05, 3.63) is 28.8 Å². The van der Waals surface area contributed by atoms with E-state index in [0.29, 0.717) is 32.2 Å². The van der Waals surface area contributed by atoms with Crippen molar-refractivity contribution in [3.8, 4) is 0 Å². The highest BCUT2D eigenvalue weighted by molar-refractivity contribution is 5.90. The number of carbonyl (C=O) groups excluding carboxylic acids is 1. The predicted octanol–water partition coefficient (Wildman–Crippen LogP) is 1.72. The molecule has 7 heteroatoms. The van der Waals surface area contributed by atoms with Crippen LogP contribution >= 0.6 is 0 Å². The summed E-state index contributed by atoms with van der Waals surface area (Å²) >= 11 is 0. The number of benzene rings is 1. The average Bonchev–Trinajstić information content (AvgIpc) is 2.43. The molecule has 1 N–H and O–H groups in total. The van der Waals surface area contributed by atoms with E-state index in [-0.39, 0.29) is 11.3 Å². The Morgan fingerprint density at radius 3 is 2.58 bits per heavy atom. The van der Waals surface area contributed by atoms with Crippen molar-refractivity contribution in [3.63, 3.8) is 0 Å². The highest BCUT2D eigenvalue weighted by Gasteiger charge is 2.25. The average molecular weight is 274 g/mol. The molecule has 1 aromatic carbocycles. The predicted molar refractivity (Wildman–Crippen MR) is 62.7 cm³/mol. The topological polar surface area (TPSA) is 41.6 Å². The quantitative estimate of drug-likeness (QED) is 0.891. The number of nitrogens with zero attached hydrogens (tertiary/aromatic N) is 1. The number of nitrogens with one attached hydrogen (secondary N) is 1. The van der Waals surface area contributed by atoms with Gasteiger partial charge in [-0.05, 0) is 13.0 Å². The van der Waals surface area contributed by atoms with E-state index in [2.05, 4.69) is 10.3 Å². The second-order valence-corrected chi connectivity index (χ2v) is 4.30. The molecule has 19 heavy (non-hydrogen) atoms. The first-order valence-corrected chi connectivity index (χ1v) is 5.83. The van der Waals surface area contributed by atoms with Crippen LogP contribution in [0.1, 0.15) is 15.9 Å². The molecule has 104 valence electrons. The second kappa shape index (κ2) is 5.48. The number of piperazine rings is 1. The van der Waals surface area contributed by atoms with Crippen molar-refractivity contribution in [1.29, 1.82) is 0 Å². The molecular formula is C12H13F3N2O2. The van der Waals surface area contributed by atoms with E-state index in [1.54, 1.807) is 4.90 Å². The molecule has 0 aromatic heterocycles. The van der Waals surface area contributed by atoms with E-state index >= 15 is 0 Å². The summed E-state index contributed by atoms with van der Waals surface area (Å²) in [6.45, 7) is 3.74. The maximum atomic E-state index is 14.0. The third-order valence-corrected chi connectivity index (χ3v) is 3.14. The van der Waals surface area contributed by atoms with Crippen LogP contribution in [-0.4, -0.2) is 32.1 Å². The van der Waals surface area contributed by atoms with Gasteiger partial charge >= 0.3 is 5.97 Å². The number of hydrogen-bond donors (Lipinski definition) is 1. The summed E-state index contributed by atoms with van der Waals surface area (Å²) in [6.07, 6.45) is 0. The number of hydrogen-bond acceptors (Lipinski definition) is 4. The van der Waals surface area contributed by atoms with Crippen LogP contribution in [0.3, 0.4) is 0 Å². The Labute approximate surface area is 108 Å². The molecule has 0 atom stereocenters. The minimum Gasteiger partial charge on any atom is -0.366 e. The lowest BCUT2D eigenvalue weighted by Gasteiger charge is -2.31. The third kappa shape index (κ3) is 2.51. The van der Waals surface area contributed by atoms with Gasteiger partial charge in [-0.3, -0.25) is 0 Å². The van der Waals surface area contributed by atoms with Gasteiger partial charge < -0.3 is 10.2 Å². The Hall–Kier alpha value is -1.76. The van der Waals surface area contributed by atoms with Crippen LogP contribution in [0.5, 0.6) is 0 Å². The molecule has 4 nitrogen and oxygen atoms in total. The molecule has 1 aromatic rings. The van der Waals surface area contributed by atoms with Crippen LogP contribution in [0.15, 0.2) is 6.07 Å². The van der Waals surface area contributed by atoms with E-state index < -0.39 is 23.2 Å². The fourth-order valence-corrected chi connectivity index (χ4v) is 2.21. The summed E-state index contributed by atoms with van der Waals surface area (Å²) in [5, 5.41) is 3.10. The normalized spacial score (nSPS) is 15.5. The van der Waals surface area contributed by atoms with Crippen LogP contribution in [0, 0.1) is 18.6 Å². The lowest BCUT2D eigenvalue weighted by molar-refractivity contribution is -0.0792. The molecule has 1 heterocycles. The van der Waals surface area contributed by atoms with Crippen molar-refractivity contribution in [2.24, 2.45) is 0 Å². The first kappa shape index (κ1) is 13.7. The molecule has 0 unspecified atom stereocenters. The largest absolute Gasteiger partial charge is 0.382 e. The summed E-state index contributed by atoms with van der Waals surface area (Å²) in [5.74, 6) is -3.26. The molecule has 0 aliphatic carbocycles. The van der Waals surface area contributed by atoms with Gasteiger partial charge in [-0.2, -0.15) is 0 Å². The fraction of sp³-hybridized carbons (Fsp3) is 0.417. The van der Waals surface area contributed by atoms with Crippen molar-refractivity contribution >= 4 is 11.7 Å². The lowest BCUT2D eigenvalue weighted by atomic mass is 10.1. The summed E-state index contributed by atoms with van der Waals surface area (Å²) in [7, 11) is 0. The van der Waals surface area contributed by atoms with Gasteiger partial charge in [-0.15, -0.1) is 0 Å². The van der Waals surface area contributed by atoms with Gasteiger partial charge in [-0.25, -0.2) is 18.5 Å². The van der Waals surface area contributed by atoms with E-state index in [0.717, 1.165) is 0 Å². The molecule has 0 saturated carbocycles. The van der Waals surface area contributed by atoms with E-state index in [1.807, 2.05) is 0 Å². The van der Waals surface area contributed by atoms with Crippen molar-refractivity contribution in [2.75, 3.05) is 31.1 Å². The zero-order valence-corrected chi connectivity index (χ0v) is 10.3. The Morgan fingerprint density at radius 1 is 1.37 bits per heavy atom. The van der Waals surface area contributed by atoms with E-state index in [1.165, 1.54) is 6.92 Å². The molecule has 0 radical (unpaired) electrons. The van der Waals surface area contributed by atoms with E-state index in [9.17, 15) is 18.1 Å². The number of rotatable bonds is 2. The first-order valence-electron chi connectivity index (χ1n) is 5.83. The second-order valence-electron chi connectivity index (χ2n) is 4.30. The maximum absolute atomic E-state index is 14.0. The van der Waals surface area contributed by atoms with Crippen molar-refractivity contribution < 1.29 is 23.0 Å². The zero-order valence-electron chi connectivity index (χ0n) is 10.3. The summed E-state index contributed by atoms with van der Waals surface area (Å²) in [5.41, 5.74) is -0.659. The molecule has 2 rings (SSSR count). The fourth-order valence-electron chi connectivity index (χ4n) is 2.21. The highest BCUT2D eigenvalue weighted by atomic mass is 19.3. The van der Waals surface area contributed by atoms with Crippen LogP contribution < -0.4 is 10.2 Å². The third-order valence-electron chi connectivity index (χ3n) is 3.14. The lowest BCUT2D eigenvalue weighted by Crippen LogP contribution is -2.44. The van der Waals surface area contributed by atoms with Crippen LogP contribution in [-0.2, 0) is 4.94 Å². The maximum Gasteiger partial charge on any atom is 0.382 e. The Bertz CT molecular complexity index is 502. The molecule has 0 spiro atoms. The Morgan fingerprint density at radius 2 is 2.00 bits per heavy atom. The zero-order chi connectivity index (χ0) is 14.0. The van der Waals surface area contributed by atoms with Crippen LogP contribution in [0.4, 0.5) is 19.0 Å². The molecule has 1 aliphatic rings. The Kier molecular flexibility index (Phi) is 3.94. The van der Waals surface area contributed by atoms with Crippen LogP contribution in [0.25, 0.3) is 0 Å². The smallest absolute Gasteiger partial charge is 0.366 e. The molecule has 0 amide bonds. The van der Waals surface area contributed by atoms with Gasteiger partial charge in [0.2, 0.25) is 0 Å². The van der Waals surface area contributed by atoms with Gasteiger partial charge in [0.05, 0.1) is 5.69 Å². The van der Waals surface area contributed by atoms with Gasteiger partial charge in [0.1, 0.15) is 17.2 Å². The molecule has 0 bridgehead atoms. The van der Waals surface area contributed by atoms with E-state index in [4.69, 9.17) is 0 Å².